The van der Waals surface area contributed by atoms with Crippen molar-refractivity contribution < 1.29 is 36.3 Å². The molecule has 0 bridgehead atoms. The van der Waals surface area contributed by atoms with Crippen LogP contribution in [0.25, 0.3) is 5.57 Å². The molecule has 0 saturated heterocycles. The molecule has 1 spiro atoms. The quantitative estimate of drug-likeness (QED) is 0.293. The Hall–Kier alpha value is -3.03. The van der Waals surface area contributed by atoms with Crippen molar-refractivity contribution in [2.75, 3.05) is 0 Å². The number of Topliss-reactive ketones (excluding diaryl/α,β-unsaturated/α-hetero) is 1. The van der Waals surface area contributed by atoms with Gasteiger partial charge in [0.1, 0.15) is 6.61 Å². The van der Waals surface area contributed by atoms with Crippen LogP contribution in [0.2, 0.25) is 0 Å². The van der Waals surface area contributed by atoms with Gasteiger partial charge in [0.15, 0.2) is 29.1 Å². The van der Waals surface area contributed by atoms with Gasteiger partial charge in [0.25, 0.3) is 0 Å². The van der Waals surface area contributed by atoms with Gasteiger partial charge >= 0.3 is 5.97 Å². The standard InChI is InChI=1S/C23H17F5O3/c1-10(29)12-8-23(14-7-5-4-6-11(12)14)20(22(23,2)3)21(30)31-9-13-15(24)17(26)19(28)18(27)16(13)25/h4-8,20H,9H2,1-3H3/t20-,23-/m1/s1. The lowest BCUT2D eigenvalue weighted by atomic mass is 9.90. The molecule has 0 unspecified atom stereocenters. The second kappa shape index (κ2) is 6.73. The first-order chi connectivity index (χ1) is 14.5. The largest absolute Gasteiger partial charge is 0.460 e. The van der Waals surface area contributed by atoms with Crippen LogP contribution in [-0.4, -0.2) is 11.8 Å². The van der Waals surface area contributed by atoms with E-state index in [1.54, 1.807) is 44.2 Å². The van der Waals surface area contributed by atoms with E-state index in [4.69, 9.17) is 4.74 Å². The summed E-state index contributed by atoms with van der Waals surface area (Å²) in [6.07, 6.45) is 1.71. The molecule has 2 atom stereocenters. The maximum absolute atomic E-state index is 13.9. The van der Waals surface area contributed by atoms with Crippen molar-refractivity contribution in [2.45, 2.75) is 32.8 Å². The molecule has 31 heavy (non-hydrogen) atoms. The molecule has 162 valence electrons. The number of carbonyl (C=O) groups is 2. The van der Waals surface area contributed by atoms with Gasteiger partial charge < -0.3 is 4.74 Å². The van der Waals surface area contributed by atoms with Crippen molar-refractivity contribution in [3.8, 4) is 0 Å². The van der Waals surface area contributed by atoms with Crippen LogP contribution in [0.15, 0.2) is 30.3 Å². The minimum atomic E-state index is -2.28. The Morgan fingerprint density at radius 3 is 2.06 bits per heavy atom. The van der Waals surface area contributed by atoms with Crippen LogP contribution in [0.1, 0.15) is 37.5 Å². The summed E-state index contributed by atoms with van der Waals surface area (Å²) in [6, 6.07) is 7.09. The summed E-state index contributed by atoms with van der Waals surface area (Å²) in [5.74, 6) is -12.4. The minimum absolute atomic E-state index is 0.180. The SMILES string of the molecule is CC(=O)C1=C[C@@]2(c3ccccc31)[C@H](C(=O)OCc1c(F)c(F)c(F)c(F)c1F)C2(C)C. The Labute approximate surface area is 174 Å². The number of halogens is 5. The number of benzene rings is 2. The molecular weight excluding hydrogens is 419 g/mol. The van der Waals surface area contributed by atoms with Crippen LogP contribution in [0.5, 0.6) is 0 Å². The number of rotatable bonds is 4. The Balaban J connectivity index is 1.66. The number of allylic oxidation sites excluding steroid dienone is 2. The fourth-order valence-electron chi connectivity index (χ4n) is 4.81. The van der Waals surface area contributed by atoms with E-state index < -0.39 is 64.0 Å². The van der Waals surface area contributed by atoms with Gasteiger partial charge in [0.2, 0.25) is 5.82 Å². The second-order valence-electron chi connectivity index (χ2n) is 8.34. The molecule has 0 amide bonds. The number of hydrogen-bond donors (Lipinski definition) is 0. The predicted molar refractivity (Wildman–Crippen MR) is 100 cm³/mol. The van der Waals surface area contributed by atoms with Crippen molar-refractivity contribution in [1.29, 1.82) is 0 Å². The molecule has 1 fully saturated rings. The van der Waals surface area contributed by atoms with Crippen molar-refractivity contribution in [1.82, 2.24) is 0 Å². The lowest BCUT2D eigenvalue weighted by molar-refractivity contribution is -0.147. The summed E-state index contributed by atoms with van der Waals surface area (Å²) >= 11 is 0. The molecule has 1 saturated carbocycles. The van der Waals surface area contributed by atoms with Gasteiger partial charge in [-0.15, -0.1) is 0 Å². The van der Waals surface area contributed by atoms with Gasteiger partial charge in [-0.2, -0.15) is 0 Å². The topological polar surface area (TPSA) is 43.4 Å². The third-order valence-corrected chi connectivity index (χ3v) is 6.47. The smallest absolute Gasteiger partial charge is 0.311 e. The fraction of sp³-hybridized carbons (Fsp3) is 0.304. The monoisotopic (exact) mass is 436 g/mol. The minimum Gasteiger partial charge on any atom is -0.460 e. The third-order valence-electron chi connectivity index (χ3n) is 6.47. The molecule has 8 heteroatoms. The van der Waals surface area contributed by atoms with E-state index in [1.165, 1.54) is 6.92 Å². The highest BCUT2D eigenvalue weighted by Gasteiger charge is 2.76. The van der Waals surface area contributed by atoms with E-state index in [0.29, 0.717) is 11.1 Å². The summed E-state index contributed by atoms with van der Waals surface area (Å²) < 4.78 is 72.8. The summed E-state index contributed by atoms with van der Waals surface area (Å²) in [6.45, 7) is 3.87. The van der Waals surface area contributed by atoms with E-state index >= 15 is 0 Å². The summed E-state index contributed by atoms with van der Waals surface area (Å²) in [7, 11) is 0. The second-order valence-corrected chi connectivity index (χ2v) is 8.34. The van der Waals surface area contributed by atoms with E-state index in [1.807, 2.05) is 0 Å². The number of fused-ring (bicyclic) bond motifs is 2. The maximum atomic E-state index is 13.9. The zero-order chi connectivity index (χ0) is 22.9. The van der Waals surface area contributed by atoms with Gasteiger partial charge in [0.05, 0.1) is 11.5 Å². The molecule has 0 aromatic heterocycles. The highest BCUT2D eigenvalue weighted by atomic mass is 19.2. The van der Waals surface area contributed by atoms with Gasteiger partial charge in [-0.1, -0.05) is 44.2 Å². The Morgan fingerprint density at radius 1 is 0.935 bits per heavy atom. The van der Waals surface area contributed by atoms with Crippen LogP contribution < -0.4 is 0 Å². The van der Waals surface area contributed by atoms with Crippen LogP contribution in [0.3, 0.4) is 0 Å². The van der Waals surface area contributed by atoms with Crippen LogP contribution in [0, 0.1) is 40.4 Å². The molecule has 0 radical (unpaired) electrons. The van der Waals surface area contributed by atoms with E-state index in [-0.39, 0.29) is 5.78 Å². The number of ketones is 1. The van der Waals surface area contributed by atoms with Crippen molar-refractivity contribution in [2.24, 2.45) is 11.3 Å². The highest BCUT2D eigenvalue weighted by Crippen LogP contribution is 2.74. The van der Waals surface area contributed by atoms with Crippen molar-refractivity contribution in [3.63, 3.8) is 0 Å². The Kier molecular flexibility index (Phi) is 4.61. The molecule has 2 aliphatic carbocycles. The molecule has 0 heterocycles. The molecule has 3 nitrogen and oxygen atoms in total. The normalized spacial score (nSPS) is 22.8. The van der Waals surface area contributed by atoms with Crippen molar-refractivity contribution in [3.05, 3.63) is 76.1 Å². The van der Waals surface area contributed by atoms with E-state index in [2.05, 4.69) is 0 Å². The first kappa shape index (κ1) is 21.2. The lowest BCUT2D eigenvalue weighted by Gasteiger charge is -2.13. The Morgan fingerprint density at radius 2 is 1.48 bits per heavy atom. The number of carbonyl (C=O) groups excluding carboxylic acids is 2. The lowest BCUT2D eigenvalue weighted by Crippen LogP contribution is -2.16. The Bertz CT molecular complexity index is 1150. The molecule has 0 aliphatic heterocycles. The highest BCUT2D eigenvalue weighted by molar-refractivity contribution is 6.22. The van der Waals surface area contributed by atoms with Crippen molar-refractivity contribution >= 4 is 17.3 Å². The van der Waals surface area contributed by atoms with Crippen LogP contribution >= 0.6 is 0 Å². The molecule has 4 rings (SSSR count). The number of hydrogen-bond acceptors (Lipinski definition) is 3. The summed E-state index contributed by atoms with van der Waals surface area (Å²) in [5, 5.41) is 0. The first-order valence-corrected chi connectivity index (χ1v) is 9.47. The summed E-state index contributed by atoms with van der Waals surface area (Å²) in [4.78, 5) is 25.0. The van der Waals surface area contributed by atoms with E-state index in [0.717, 1.165) is 5.56 Å². The van der Waals surface area contributed by atoms with Crippen LogP contribution in [-0.2, 0) is 26.3 Å². The average molecular weight is 436 g/mol. The van der Waals surface area contributed by atoms with Gasteiger partial charge in [-0.05, 0) is 23.5 Å². The number of ether oxygens (including phenoxy) is 1. The van der Waals surface area contributed by atoms with E-state index in [9.17, 15) is 31.5 Å². The predicted octanol–water partition coefficient (Wildman–Crippen LogP) is 5.01. The average Bonchev–Trinajstić information content (AvgIpc) is 3.03. The molecule has 2 aromatic carbocycles. The molecule has 2 aliphatic rings. The third kappa shape index (κ3) is 2.70. The van der Waals surface area contributed by atoms with Gasteiger partial charge in [-0.25, -0.2) is 22.0 Å². The number of esters is 1. The first-order valence-electron chi connectivity index (χ1n) is 9.47. The molecule has 2 aromatic rings. The van der Waals surface area contributed by atoms with Gasteiger partial charge in [0, 0.05) is 11.0 Å². The molecule has 0 N–H and O–H groups in total. The zero-order valence-corrected chi connectivity index (χ0v) is 16.8. The fourth-order valence-corrected chi connectivity index (χ4v) is 4.81. The maximum Gasteiger partial charge on any atom is 0.311 e. The van der Waals surface area contributed by atoms with Gasteiger partial charge in [-0.3, -0.25) is 9.59 Å². The summed E-state index contributed by atoms with van der Waals surface area (Å²) in [5.41, 5.74) is -0.879. The van der Waals surface area contributed by atoms with Crippen LogP contribution in [0.4, 0.5) is 22.0 Å². The zero-order valence-electron chi connectivity index (χ0n) is 16.8. The molecular formula is C23H17F5O3.